The summed E-state index contributed by atoms with van der Waals surface area (Å²) >= 11 is 0. The van der Waals surface area contributed by atoms with E-state index in [1.807, 2.05) is 0 Å². The summed E-state index contributed by atoms with van der Waals surface area (Å²) in [5.41, 5.74) is 0.798. The fraction of sp³-hybridized carbons (Fsp3) is 0. The van der Waals surface area contributed by atoms with Gasteiger partial charge in [-0.1, -0.05) is 0 Å². The number of carbonyl (C=O) groups is 2. The van der Waals surface area contributed by atoms with Crippen LogP contribution in [0.3, 0.4) is 0 Å². The van der Waals surface area contributed by atoms with Gasteiger partial charge in [0.1, 0.15) is 0 Å². The van der Waals surface area contributed by atoms with E-state index in [1.54, 1.807) is 0 Å². The molecule has 0 saturated carbocycles. The minimum Gasteiger partial charge on any atom is -0.478 e. The average Bonchev–Trinajstić information content (AvgIpc) is 3.10. The van der Waals surface area contributed by atoms with Crippen LogP contribution in [0.1, 0.15) is 20.7 Å². The maximum absolute atomic E-state index is 13.8. The largest absolute Gasteiger partial charge is 0.478 e. The fourth-order valence-electron chi connectivity index (χ4n) is 2.98. The Morgan fingerprint density at radius 3 is 1.73 bits per heavy atom. The molecule has 3 aromatic carbocycles. The minimum atomic E-state index is -2.38. The molecule has 0 fully saturated rings. The predicted octanol–water partition coefficient (Wildman–Crippen LogP) is 4.93. The number of carboxylic acid groups (broad SMARTS) is 1. The number of carboxylic acids is 1. The molecule has 10 heteroatoms. The Balaban J connectivity index is 1.78. The number of aromatic nitrogens is 1. The number of benzene rings is 3. The van der Waals surface area contributed by atoms with E-state index in [4.69, 9.17) is 5.11 Å². The van der Waals surface area contributed by atoms with E-state index >= 15 is 0 Å². The molecule has 0 aliphatic heterocycles. The van der Waals surface area contributed by atoms with Crippen LogP contribution < -0.4 is 4.74 Å². The highest BCUT2D eigenvalue weighted by Crippen LogP contribution is 2.31. The topological polar surface area (TPSA) is 79.4 Å². The third-order valence-electron chi connectivity index (χ3n) is 4.45. The van der Waals surface area contributed by atoms with Gasteiger partial charge in [-0.25, -0.2) is 22.8 Å². The number of H-pyrrole nitrogens is 1. The summed E-state index contributed by atoms with van der Waals surface area (Å²) in [6.07, 6.45) is 0. The van der Waals surface area contributed by atoms with Gasteiger partial charge in [0.15, 0.2) is 0 Å². The number of aromatic carboxylic acids is 1. The smallest absolute Gasteiger partial charge is 0.343 e. The summed E-state index contributed by atoms with van der Waals surface area (Å²) in [7, 11) is 0. The zero-order valence-corrected chi connectivity index (χ0v) is 14.5. The van der Waals surface area contributed by atoms with Crippen LogP contribution in [-0.4, -0.2) is 22.0 Å². The molecule has 1 aromatic heterocycles. The Morgan fingerprint density at radius 2 is 1.20 bits per heavy atom. The highest BCUT2D eigenvalue weighted by molar-refractivity contribution is 6.11. The number of hydrogen-bond donors (Lipinski definition) is 2. The molecule has 0 amide bonds. The van der Waals surface area contributed by atoms with Gasteiger partial charge in [0.05, 0.1) is 11.1 Å². The van der Waals surface area contributed by atoms with Gasteiger partial charge < -0.3 is 14.8 Å². The Morgan fingerprint density at radius 1 is 0.733 bits per heavy atom. The maximum Gasteiger partial charge on any atom is 0.343 e. The van der Waals surface area contributed by atoms with E-state index in [-0.39, 0.29) is 11.1 Å². The van der Waals surface area contributed by atoms with Crippen molar-refractivity contribution in [2.45, 2.75) is 0 Å². The van der Waals surface area contributed by atoms with Crippen molar-refractivity contribution in [2.75, 3.05) is 0 Å². The predicted molar refractivity (Wildman–Crippen MR) is 94.0 cm³/mol. The van der Waals surface area contributed by atoms with Gasteiger partial charge in [0, 0.05) is 21.8 Å². The van der Waals surface area contributed by atoms with Crippen LogP contribution in [0.5, 0.6) is 5.75 Å². The van der Waals surface area contributed by atoms with Gasteiger partial charge in [-0.3, -0.25) is 0 Å². The van der Waals surface area contributed by atoms with Crippen molar-refractivity contribution in [3.63, 3.8) is 0 Å². The van der Waals surface area contributed by atoms with Gasteiger partial charge in [0.25, 0.3) is 0 Å². The van der Waals surface area contributed by atoms with Crippen LogP contribution >= 0.6 is 0 Å². The van der Waals surface area contributed by atoms with Crippen molar-refractivity contribution in [3.05, 3.63) is 76.6 Å². The van der Waals surface area contributed by atoms with Crippen molar-refractivity contribution in [2.24, 2.45) is 0 Å². The lowest BCUT2D eigenvalue weighted by Crippen LogP contribution is -2.13. The van der Waals surface area contributed by atoms with E-state index < -0.39 is 46.8 Å². The van der Waals surface area contributed by atoms with Crippen LogP contribution in [0.25, 0.3) is 21.8 Å². The maximum atomic E-state index is 13.8. The second-order valence-electron chi connectivity index (χ2n) is 6.24. The van der Waals surface area contributed by atoms with Gasteiger partial charge >= 0.3 is 11.9 Å². The van der Waals surface area contributed by atoms with Crippen molar-refractivity contribution in [1.29, 1.82) is 0 Å². The first-order chi connectivity index (χ1) is 14.2. The Labute approximate surface area is 163 Å². The fourth-order valence-corrected chi connectivity index (χ4v) is 2.98. The number of carbonyl (C=O) groups excluding carboxylic acids is 1. The summed E-state index contributed by atoms with van der Waals surface area (Å²) in [6.45, 7) is 0. The van der Waals surface area contributed by atoms with Crippen molar-refractivity contribution in [3.8, 4) is 5.75 Å². The lowest BCUT2D eigenvalue weighted by atomic mass is 10.1. The molecule has 4 rings (SSSR count). The SMILES string of the molecule is O=C(O)c1ccc2[nH]c3ccc(C(=O)Oc4c(F)c(F)c(F)c(F)c4F)cc3c2c1. The summed E-state index contributed by atoms with van der Waals surface area (Å²) in [5, 5.41) is 9.96. The normalized spacial score (nSPS) is 11.2. The Kier molecular flexibility index (Phi) is 4.41. The van der Waals surface area contributed by atoms with E-state index in [0.717, 1.165) is 0 Å². The molecule has 4 aromatic rings. The second kappa shape index (κ2) is 6.83. The molecule has 30 heavy (non-hydrogen) atoms. The van der Waals surface area contributed by atoms with Gasteiger partial charge in [-0.2, -0.15) is 8.78 Å². The third-order valence-corrected chi connectivity index (χ3v) is 4.45. The third kappa shape index (κ3) is 2.93. The van der Waals surface area contributed by atoms with E-state index in [1.165, 1.54) is 36.4 Å². The Bertz CT molecular complexity index is 1350. The number of nitrogens with one attached hydrogen (secondary N) is 1. The highest BCUT2D eigenvalue weighted by Gasteiger charge is 2.29. The summed E-state index contributed by atoms with van der Waals surface area (Å²) in [4.78, 5) is 26.5. The number of rotatable bonds is 3. The zero-order chi connectivity index (χ0) is 21.7. The molecule has 0 aliphatic carbocycles. The molecular formula is C20H8F5NO4. The molecule has 0 atom stereocenters. The lowest BCUT2D eigenvalue weighted by molar-refractivity contribution is 0.0693. The first kappa shape index (κ1) is 19.4. The lowest BCUT2D eigenvalue weighted by Gasteiger charge is -2.09. The molecule has 0 radical (unpaired) electrons. The molecule has 0 aliphatic rings. The van der Waals surface area contributed by atoms with Crippen molar-refractivity contribution < 1.29 is 41.4 Å². The van der Waals surface area contributed by atoms with E-state index in [9.17, 15) is 31.5 Å². The number of aromatic amines is 1. The van der Waals surface area contributed by atoms with Gasteiger partial charge in [-0.05, 0) is 36.4 Å². The number of halogens is 5. The van der Waals surface area contributed by atoms with Crippen LogP contribution in [0.4, 0.5) is 22.0 Å². The van der Waals surface area contributed by atoms with E-state index in [2.05, 4.69) is 9.72 Å². The quantitative estimate of drug-likeness (QED) is 0.162. The molecule has 0 spiro atoms. The second-order valence-corrected chi connectivity index (χ2v) is 6.24. The number of hydrogen-bond acceptors (Lipinski definition) is 3. The number of esters is 1. The molecule has 5 nitrogen and oxygen atoms in total. The number of fused-ring (bicyclic) bond motifs is 3. The van der Waals surface area contributed by atoms with E-state index in [0.29, 0.717) is 21.8 Å². The van der Waals surface area contributed by atoms with Crippen molar-refractivity contribution >= 4 is 33.7 Å². The van der Waals surface area contributed by atoms with Crippen molar-refractivity contribution in [1.82, 2.24) is 4.98 Å². The molecule has 2 N–H and O–H groups in total. The van der Waals surface area contributed by atoms with Crippen LogP contribution in [0.2, 0.25) is 0 Å². The molecule has 1 heterocycles. The first-order valence-corrected chi connectivity index (χ1v) is 8.21. The zero-order valence-electron chi connectivity index (χ0n) is 14.5. The first-order valence-electron chi connectivity index (χ1n) is 8.21. The van der Waals surface area contributed by atoms with Gasteiger partial charge in [0.2, 0.25) is 34.8 Å². The summed E-state index contributed by atoms with van der Waals surface area (Å²) < 4.78 is 71.7. The minimum absolute atomic E-state index is 0.0159. The molecule has 0 unspecified atom stereocenters. The van der Waals surface area contributed by atoms with Gasteiger partial charge in [-0.15, -0.1) is 0 Å². The summed E-state index contributed by atoms with van der Waals surface area (Å²) in [6, 6.07) is 8.13. The average molecular weight is 421 g/mol. The van der Waals surface area contributed by atoms with Crippen LogP contribution in [0.15, 0.2) is 36.4 Å². The molecule has 0 saturated heterocycles. The highest BCUT2D eigenvalue weighted by atomic mass is 19.2. The van der Waals surface area contributed by atoms with Crippen LogP contribution in [0, 0.1) is 29.1 Å². The summed E-state index contributed by atoms with van der Waals surface area (Å²) in [5.74, 6) is -15.7. The Hall–Kier alpha value is -3.95. The standard InChI is InChI=1S/C20H8F5NO4/c21-13-14(22)16(24)18(17(25)15(13)23)30-20(29)8-2-4-12-10(6-8)9-5-7(19(27)28)1-3-11(9)26-12/h1-6,26H,(H,27,28). The molecular weight excluding hydrogens is 413 g/mol. The molecule has 0 bridgehead atoms. The number of ether oxygens (including phenoxy) is 1. The molecule has 152 valence electrons. The van der Waals surface area contributed by atoms with Crippen LogP contribution in [-0.2, 0) is 0 Å². The monoisotopic (exact) mass is 421 g/mol.